The van der Waals surface area contributed by atoms with Crippen LogP contribution in [0.15, 0.2) is 35.4 Å². The Labute approximate surface area is 156 Å². The summed E-state index contributed by atoms with van der Waals surface area (Å²) in [7, 11) is 4.39. The summed E-state index contributed by atoms with van der Waals surface area (Å²) in [5.41, 5.74) is 3.63. The van der Waals surface area contributed by atoms with E-state index in [1.54, 1.807) is 30.3 Å². The Balaban J connectivity index is 2.05. The number of methoxy groups -OCH3 is 3. The van der Waals surface area contributed by atoms with Crippen molar-refractivity contribution in [3.63, 3.8) is 0 Å². The third kappa shape index (κ3) is 4.80. The maximum Gasteiger partial charge on any atom is 0.244 e. The van der Waals surface area contributed by atoms with Crippen LogP contribution in [0.3, 0.4) is 0 Å². The highest BCUT2D eigenvalue weighted by Crippen LogP contribution is 2.36. The quantitative estimate of drug-likeness (QED) is 0.571. The molecule has 0 radical (unpaired) electrons. The van der Waals surface area contributed by atoms with Crippen molar-refractivity contribution in [2.75, 3.05) is 21.3 Å². The number of aromatic hydroxyl groups is 1. The number of hydrogen-bond donors (Lipinski definition) is 2. The number of rotatable bonds is 7. The number of carbonyl (C=O) groups excluding carboxylic acids is 1. The fourth-order valence-electron chi connectivity index (χ4n) is 2.19. The molecule has 0 heterocycles. The van der Waals surface area contributed by atoms with Gasteiger partial charge in [0.1, 0.15) is 5.75 Å². The van der Waals surface area contributed by atoms with Gasteiger partial charge in [0.25, 0.3) is 0 Å². The number of nitrogens with one attached hydrogen (secondary N) is 1. The summed E-state index contributed by atoms with van der Waals surface area (Å²) in [5.74, 6) is 0.641. The van der Waals surface area contributed by atoms with E-state index in [9.17, 15) is 9.90 Å². The first-order valence-corrected chi connectivity index (χ1v) is 7.95. The molecule has 138 valence electrons. The average Bonchev–Trinajstić information content (AvgIpc) is 2.64. The fourth-order valence-corrected chi connectivity index (χ4v) is 2.38. The van der Waals surface area contributed by atoms with E-state index in [0.717, 1.165) is 0 Å². The number of hydrazone groups is 1. The van der Waals surface area contributed by atoms with Crippen LogP contribution in [0.2, 0.25) is 5.02 Å². The average molecular weight is 379 g/mol. The summed E-state index contributed by atoms with van der Waals surface area (Å²) in [5, 5.41) is 14.2. The molecule has 0 aliphatic carbocycles. The van der Waals surface area contributed by atoms with Crippen LogP contribution in [0.1, 0.15) is 11.1 Å². The van der Waals surface area contributed by atoms with Gasteiger partial charge in [-0.1, -0.05) is 11.6 Å². The lowest BCUT2D eigenvalue weighted by Crippen LogP contribution is -2.20. The van der Waals surface area contributed by atoms with Crippen molar-refractivity contribution in [3.8, 4) is 23.0 Å². The third-order valence-corrected chi connectivity index (χ3v) is 3.88. The van der Waals surface area contributed by atoms with Crippen LogP contribution in [0, 0.1) is 0 Å². The molecule has 0 aliphatic heterocycles. The standard InChI is InChI=1S/C18H19ClN2O5/c1-24-13-4-5-14(19)12(8-13)9-17(22)21-20-10-11-6-15(25-2)18(23)16(7-11)26-3/h4-8,10,23H,9H2,1-3H3,(H,21,22)/b20-10+. The number of benzene rings is 2. The third-order valence-electron chi connectivity index (χ3n) is 3.51. The van der Waals surface area contributed by atoms with Gasteiger partial charge in [-0.15, -0.1) is 0 Å². The van der Waals surface area contributed by atoms with Crippen molar-refractivity contribution in [2.24, 2.45) is 5.10 Å². The van der Waals surface area contributed by atoms with Gasteiger partial charge in [-0.2, -0.15) is 5.10 Å². The molecule has 26 heavy (non-hydrogen) atoms. The maximum absolute atomic E-state index is 12.0. The second kappa shape index (κ2) is 8.96. The number of nitrogens with zero attached hydrogens (tertiary/aromatic N) is 1. The van der Waals surface area contributed by atoms with Gasteiger partial charge < -0.3 is 19.3 Å². The zero-order valence-electron chi connectivity index (χ0n) is 14.6. The van der Waals surface area contributed by atoms with Gasteiger partial charge in [-0.05, 0) is 35.9 Å². The normalized spacial score (nSPS) is 10.6. The van der Waals surface area contributed by atoms with Crippen molar-refractivity contribution in [3.05, 3.63) is 46.5 Å². The minimum Gasteiger partial charge on any atom is -0.502 e. The molecule has 0 unspecified atom stereocenters. The summed E-state index contributed by atoms with van der Waals surface area (Å²) in [6.45, 7) is 0. The van der Waals surface area contributed by atoms with Gasteiger partial charge in [-0.25, -0.2) is 5.43 Å². The molecule has 0 fully saturated rings. The van der Waals surface area contributed by atoms with Crippen LogP contribution in [-0.4, -0.2) is 38.6 Å². The Bertz CT molecular complexity index is 798. The van der Waals surface area contributed by atoms with Gasteiger partial charge >= 0.3 is 0 Å². The van der Waals surface area contributed by atoms with E-state index in [-0.39, 0.29) is 29.6 Å². The number of amides is 1. The lowest BCUT2D eigenvalue weighted by Gasteiger charge is -2.09. The van der Waals surface area contributed by atoms with E-state index >= 15 is 0 Å². The molecule has 0 aliphatic rings. The molecule has 7 nitrogen and oxygen atoms in total. The molecule has 2 aromatic carbocycles. The van der Waals surface area contributed by atoms with Crippen LogP contribution < -0.4 is 19.6 Å². The minimum absolute atomic E-state index is 0.0512. The molecule has 0 atom stereocenters. The van der Waals surface area contributed by atoms with Gasteiger partial charge in [0.15, 0.2) is 11.5 Å². The highest BCUT2D eigenvalue weighted by molar-refractivity contribution is 6.31. The number of halogens is 1. The van der Waals surface area contributed by atoms with E-state index in [4.69, 9.17) is 25.8 Å². The summed E-state index contributed by atoms with van der Waals surface area (Å²) >= 11 is 6.08. The van der Waals surface area contributed by atoms with Crippen molar-refractivity contribution in [1.82, 2.24) is 5.43 Å². The zero-order chi connectivity index (χ0) is 19.1. The van der Waals surface area contributed by atoms with Crippen molar-refractivity contribution in [1.29, 1.82) is 0 Å². The lowest BCUT2D eigenvalue weighted by atomic mass is 10.1. The SMILES string of the molecule is COc1ccc(Cl)c(CC(=O)N/N=C/c2cc(OC)c(O)c(OC)c2)c1. The largest absolute Gasteiger partial charge is 0.502 e. The second-order valence-corrected chi connectivity index (χ2v) is 5.61. The van der Waals surface area contributed by atoms with E-state index < -0.39 is 0 Å². The zero-order valence-corrected chi connectivity index (χ0v) is 15.3. The highest BCUT2D eigenvalue weighted by Gasteiger charge is 2.11. The summed E-state index contributed by atoms with van der Waals surface area (Å²) in [6.07, 6.45) is 1.46. The smallest absolute Gasteiger partial charge is 0.244 e. The van der Waals surface area contributed by atoms with Gasteiger partial charge in [0.05, 0.1) is 34.0 Å². The molecule has 0 saturated carbocycles. The predicted octanol–water partition coefficient (Wildman–Crippen LogP) is 2.76. The molecular formula is C18H19ClN2O5. The van der Waals surface area contributed by atoms with Crippen LogP contribution in [0.4, 0.5) is 0 Å². The molecule has 0 spiro atoms. The highest BCUT2D eigenvalue weighted by atomic mass is 35.5. The first-order valence-electron chi connectivity index (χ1n) is 7.57. The summed E-state index contributed by atoms with van der Waals surface area (Å²) in [6, 6.07) is 8.20. The molecule has 1 amide bonds. The topological polar surface area (TPSA) is 89.4 Å². The van der Waals surface area contributed by atoms with Crippen LogP contribution >= 0.6 is 11.6 Å². The second-order valence-electron chi connectivity index (χ2n) is 5.20. The van der Waals surface area contributed by atoms with Crippen molar-refractivity contribution in [2.45, 2.75) is 6.42 Å². The first kappa shape index (κ1) is 19.4. The fraction of sp³-hybridized carbons (Fsp3) is 0.222. The Morgan fingerprint density at radius 3 is 2.38 bits per heavy atom. The van der Waals surface area contributed by atoms with Gasteiger partial charge in [-0.3, -0.25) is 4.79 Å². The molecule has 0 aromatic heterocycles. The number of carbonyl (C=O) groups is 1. The first-order chi connectivity index (χ1) is 12.5. The number of ether oxygens (including phenoxy) is 3. The molecule has 2 rings (SSSR count). The lowest BCUT2D eigenvalue weighted by molar-refractivity contribution is -0.120. The van der Waals surface area contributed by atoms with E-state index in [2.05, 4.69) is 10.5 Å². The maximum atomic E-state index is 12.0. The van der Waals surface area contributed by atoms with Crippen LogP contribution in [-0.2, 0) is 11.2 Å². The predicted molar refractivity (Wildman–Crippen MR) is 98.7 cm³/mol. The van der Waals surface area contributed by atoms with Gasteiger partial charge in [0, 0.05) is 10.6 Å². The minimum atomic E-state index is -0.339. The molecule has 0 saturated heterocycles. The summed E-state index contributed by atoms with van der Waals surface area (Å²) < 4.78 is 15.2. The van der Waals surface area contributed by atoms with E-state index in [0.29, 0.717) is 21.9 Å². The Hall–Kier alpha value is -2.93. The van der Waals surface area contributed by atoms with E-state index in [1.165, 1.54) is 27.5 Å². The van der Waals surface area contributed by atoms with Crippen LogP contribution in [0.25, 0.3) is 0 Å². The molecular weight excluding hydrogens is 360 g/mol. The van der Waals surface area contributed by atoms with Crippen molar-refractivity contribution < 1.29 is 24.1 Å². The van der Waals surface area contributed by atoms with Gasteiger partial charge in [0.2, 0.25) is 11.7 Å². The molecule has 8 heteroatoms. The summed E-state index contributed by atoms with van der Waals surface area (Å²) in [4.78, 5) is 12.0. The number of phenols is 1. The molecule has 2 aromatic rings. The molecule has 2 N–H and O–H groups in total. The Morgan fingerprint density at radius 1 is 1.15 bits per heavy atom. The van der Waals surface area contributed by atoms with E-state index in [1.807, 2.05) is 0 Å². The number of hydrogen-bond acceptors (Lipinski definition) is 6. The van der Waals surface area contributed by atoms with Crippen molar-refractivity contribution >= 4 is 23.7 Å². The number of phenolic OH excluding ortho intramolecular Hbond substituents is 1. The van der Waals surface area contributed by atoms with Crippen LogP contribution in [0.5, 0.6) is 23.0 Å². The monoisotopic (exact) mass is 378 g/mol. The Morgan fingerprint density at radius 2 is 1.81 bits per heavy atom. The Kier molecular flexibility index (Phi) is 6.68. The molecule has 0 bridgehead atoms.